The van der Waals surface area contributed by atoms with Crippen LogP contribution in [0.5, 0.6) is 0 Å². The Bertz CT molecular complexity index is 446. The number of carbonyl (C=O) groups is 2. The van der Waals surface area contributed by atoms with Crippen LogP contribution in [0.2, 0.25) is 0 Å². The molecule has 0 heterocycles. The van der Waals surface area contributed by atoms with Gasteiger partial charge < -0.3 is 10.4 Å². The molecule has 1 aliphatic carbocycles. The van der Waals surface area contributed by atoms with Gasteiger partial charge in [-0.1, -0.05) is 0 Å². The van der Waals surface area contributed by atoms with Crippen LogP contribution in [-0.4, -0.2) is 23.4 Å². The SMILES string of the molecule is CC(=O)c1ccc(NC(=O)C2(CO)CC2)cc1. The molecule has 0 unspecified atom stereocenters. The Morgan fingerprint density at radius 3 is 2.29 bits per heavy atom. The zero-order valence-corrected chi connectivity index (χ0v) is 9.69. The molecule has 1 saturated carbocycles. The molecular formula is C13H15NO3. The van der Waals surface area contributed by atoms with Gasteiger partial charge in [0.05, 0.1) is 12.0 Å². The number of rotatable bonds is 4. The highest BCUT2D eigenvalue weighted by molar-refractivity contribution is 5.98. The minimum Gasteiger partial charge on any atom is -0.395 e. The van der Waals surface area contributed by atoms with Crippen molar-refractivity contribution in [2.24, 2.45) is 5.41 Å². The third-order valence-corrected chi connectivity index (χ3v) is 3.19. The van der Waals surface area contributed by atoms with E-state index in [0.717, 1.165) is 12.8 Å². The van der Waals surface area contributed by atoms with Gasteiger partial charge in [0, 0.05) is 11.3 Å². The van der Waals surface area contributed by atoms with Crippen LogP contribution in [0.15, 0.2) is 24.3 Å². The van der Waals surface area contributed by atoms with Crippen LogP contribution in [0.25, 0.3) is 0 Å². The van der Waals surface area contributed by atoms with Gasteiger partial charge in [0.2, 0.25) is 5.91 Å². The summed E-state index contributed by atoms with van der Waals surface area (Å²) in [7, 11) is 0. The lowest BCUT2D eigenvalue weighted by molar-refractivity contribution is -0.122. The number of nitrogens with one attached hydrogen (secondary N) is 1. The van der Waals surface area contributed by atoms with Crippen LogP contribution in [0.3, 0.4) is 0 Å². The normalized spacial score (nSPS) is 16.4. The molecule has 0 spiro atoms. The molecule has 2 N–H and O–H groups in total. The molecule has 2 rings (SSSR count). The van der Waals surface area contributed by atoms with Crippen molar-refractivity contribution in [1.82, 2.24) is 0 Å². The summed E-state index contributed by atoms with van der Waals surface area (Å²) < 4.78 is 0. The number of benzene rings is 1. The van der Waals surface area contributed by atoms with Crippen molar-refractivity contribution < 1.29 is 14.7 Å². The van der Waals surface area contributed by atoms with Crippen molar-refractivity contribution in [3.63, 3.8) is 0 Å². The summed E-state index contributed by atoms with van der Waals surface area (Å²) >= 11 is 0. The van der Waals surface area contributed by atoms with E-state index in [1.807, 2.05) is 0 Å². The van der Waals surface area contributed by atoms with Crippen molar-refractivity contribution in [3.05, 3.63) is 29.8 Å². The van der Waals surface area contributed by atoms with Gasteiger partial charge in [-0.2, -0.15) is 0 Å². The fraction of sp³-hybridized carbons (Fsp3) is 0.385. The fourth-order valence-electron chi connectivity index (χ4n) is 1.66. The van der Waals surface area contributed by atoms with Gasteiger partial charge in [0.1, 0.15) is 0 Å². The van der Waals surface area contributed by atoms with Gasteiger partial charge in [-0.15, -0.1) is 0 Å². The van der Waals surface area contributed by atoms with Crippen molar-refractivity contribution in [1.29, 1.82) is 0 Å². The second-order valence-electron chi connectivity index (χ2n) is 4.53. The first kappa shape index (κ1) is 11.8. The summed E-state index contributed by atoms with van der Waals surface area (Å²) in [6.45, 7) is 1.39. The van der Waals surface area contributed by atoms with Crippen molar-refractivity contribution in [2.75, 3.05) is 11.9 Å². The molecule has 1 aromatic carbocycles. The van der Waals surface area contributed by atoms with Crippen LogP contribution in [0.1, 0.15) is 30.1 Å². The average Bonchev–Trinajstić information content (AvgIpc) is 3.10. The third kappa shape index (κ3) is 2.36. The first-order valence-electron chi connectivity index (χ1n) is 5.61. The Morgan fingerprint density at radius 2 is 1.88 bits per heavy atom. The summed E-state index contributed by atoms with van der Waals surface area (Å²) in [5.41, 5.74) is 0.699. The maximum absolute atomic E-state index is 11.8. The number of hydrogen-bond donors (Lipinski definition) is 2. The highest BCUT2D eigenvalue weighted by Crippen LogP contribution is 2.45. The van der Waals surface area contributed by atoms with E-state index in [4.69, 9.17) is 5.11 Å². The molecular weight excluding hydrogens is 218 g/mol. The zero-order chi connectivity index (χ0) is 12.5. The smallest absolute Gasteiger partial charge is 0.232 e. The molecule has 17 heavy (non-hydrogen) atoms. The van der Waals surface area contributed by atoms with E-state index in [-0.39, 0.29) is 18.3 Å². The van der Waals surface area contributed by atoms with Crippen LogP contribution < -0.4 is 5.32 Å². The Labute approximate surface area is 99.6 Å². The van der Waals surface area contributed by atoms with E-state index in [1.165, 1.54) is 6.92 Å². The predicted molar refractivity (Wildman–Crippen MR) is 63.8 cm³/mol. The molecule has 0 aliphatic heterocycles. The van der Waals surface area contributed by atoms with Gasteiger partial charge in [-0.25, -0.2) is 0 Å². The molecule has 1 fully saturated rings. The Hall–Kier alpha value is -1.68. The molecule has 0 saturated heterocycles. The number of aliphatic hydroxyl groups is 1. The van der Waals surface area contributed by atoms with Gasteiger partial charge in [0.25, 0.3) is 0 Å². The Balaban J connectivity index is 2.04. The summed E-state index contributed by atoms with van der Waals surface area (Å²) in [5, 5.41) is 11.9. The molecule has 1 aliphatic rings. The molecule has 4 heteroatoms. The van der Waals surface area contributed by atoms with Gasteiger partial charge in [-0.05, 0) is 44.0 Å². The largest absolute Gasteiger partial charge is 0.395 e. The number of anilines is 1. The number of hydrogen-bond acceptors (Lipinski definition) is 3. The molecule has 4 nitrogen and oxygen atoms in total. The summed E-state index contributed by atoms with van der Waals surface area (Å²) in [6.07, 6.45) is 1.47. The van der Waals surface area contributed by atoms with Gasteiger partial charge in [-0.3, -0.25) is 9.59 Å². The van der Waals surface area contributed by atoms with Gasteiger partial charge in [0.15, 0.2) is 5.78 Å². The predicted octanol–water partition coefficient (Wildman–Crippen LogP) is 1.60. The Kier molecular flexibility index (Phi) is 2.98. The fourth-order valence-corrected chi connectivity index (χ4v) is 1.66. The maximum atomic E-state index is 11.8. The number of Topliss-reactive ketones (excluding diaryl/α,β-unsaturated/α-hetero) is 1. The Morgan fingerprint density at radius 1 is 1.29 bits per heavy atom. The second kappa shape index (κ2) is 4.30. The lowest BCUT2D eigenvalue weighted by Gasteiger charge is -2.12. The van der Waals surface area contributed by atoms with E-state index in [2.05, 4.69) is 5.32 Å². The lowest BCUT2D eigenvalue weighted by atomic mass is 10.1. The number of carbonyl (C=O) groups excluding carboxylic acids is 2. The molecule has 0 bridgehead atoms. The summed E-state index contributed by atoms with van der Waals surface area (Å²) in [4.78, 5) is 22.9. The van der Waals surface area contributed by atoms with Crippen LogP contribution in [-0.2, 0) is 4.79 Å². The third-order valence-electron chi connectivity index (χ3n) is 3.19. The quantitative estimate of drug-likeness (QED) is 0.776. The summed E-state index contributed by atoms with van der Waals surface area (Å²) in [6, 6.07) is 6.75. The molecule has 1 aromatic rings. The monoisotopic (exact) mass is 233 g/mol. The van der Waals surface area contributed by atoms with E-state index >= 15 is 0 Å². The highest BCUT2D eigenvalue weighted by Gasteiger charge is 2.49. The van der Waals surface area contributed by atoms with Crippen LogP contribution in [0.4, 0.5) is 5.69 Å². The van der Waals surface area contributed by atoms with Crippen molar-refractivity contribution in [3.8, 4) is 0 Å². The van der Waals surface area contributed by atoms with Crippen molar-refractivity contribution >= 4 is 17.4 Å². The van der Waals surface area contributed by atoms with Crippen LogP contribution >= 0.6 is 0 Å². The minimum absolute atomic E-state index is 0.00287. The standard InChI is InChI=1S/C13H15NO3/c1-9(16)10-2-4-11(5-3-10)14-12(17)13(8-15)6-7-13/h2-5,15H,6-8H2,1H3,(H,14,17). The number of amides is 1. The summed E-state index contributed by atoms with van der Waals surface area (Å²) in [5.74, 6) is -0.146. The topological polar surface area (TPSA) is 66.4 Å². The van der Waals surface area contributed by atoms with Crippen LogP contribution in [0, 0.1) is 5.41 Å². The molecule has 0 aromatic heterocycles. The number of ketones is 1. The maximum Gasteiger partial charge on any atom is 0.232 e. The lowest BCUT2D eigenvalue weighted by Crippen LogP contribution is -2.27. The minimum atomic E-state index is -0.570. The molecule has 0 atom stereocenters. The van der Waals surface area contributed by atoms with Crippen molar-refractivity contribution in [2.45, 2.75) is 19.8 Å². The average molecular weight is 233 g/mol. The first-order chi connectivity index (χ1) is 8.07. The molecule has 1 amide bonds. The van der Waals surface area contributed by atoms with E-state index in [9.17, 15) is 9.59 Å². The van der Waals surface area contributed by atoms with E-state index in [0.29, 0.717) is 11.3 Å². The number of aliphatic hydroxyl groups excluding tert-OH is 1. The van der Waals surface area contributed by atoms with E-state index < -0.39 is 5.41 Å². The van der Waals surface area contributed by atoms with E-state index in [1.54, 1.807) is 24.3 Å². The molecule has 90 valence electrons. The molecule has 0 radical (unpaired) electrons. The highest BCUT2D eigenvalue weighted by atomic mass is 16.3. The zero-order valence-electron chi connectivity index (χ0n) is 9.69. The van der Waals surface area contributed by atoms with Gasteiger partial charge >= 0.3 is 0 Å². The second-order valence-corrected chi connectivity index (χ2v) is 4.53. The first-order valence-corrected chi connectivity index (χ1v) is 5.61.